The van der Waals surface area contributed by atoms with Crippen molar-refractivity contribution in [2.45, 2.75) is 39.0 Å². The molecule has 1 saturated heterocycles. The average molecular weight is 311 g/mol. The lowest BCUT2D eigenvalue weighted by atomic mass is 9.96. The average Bonchev–Trinajstić information content (AvgIpc) is 2.96. The van der Waals surface area contributed by atoms with Gasteiger partial charge < -0.3 is 4.90 Å². The van der Waals surface area contributed by atoms with Crippen LogP contribution in [0, 0.1) is 5.92 Å². The van der Waals surface area contributed by atoms with Gasteiger partial charge in [-0.2, -0.15) is 5.10 Å². The third-order valence-corrected chi connectivity index (χ3v) is 4.71. The molecule has 1 aromatic heterocycles. The van der Waals surface area contributed by atoms with Gasteiger partial charge in [-0.1, -0.05) is 50.1 Å². The first-order valence-corrected chi connectivity index (χ1v) is 8.68. The molecule has 1 aliphatic heterocycles. The van der Waals surface area contributed by atoms with Crippen LogP contribution in [0.2, 0.25) is 0 Å². The summed E-state index contributed by atoms with van der Waals surface area (Å²) in [7, 11) is 0. The third kappa shape index (κ3) is 3.81. The molecule has 3 rings (SSSR count). The summed E-state index contributed by atoms with van der Waals surface area (Å²) >= 11 is 0. The Labute approximate surface area is 137 Å². The van der Waals surface area contributed by atoms with Crippen molar-refractivity contribution in [1.29, 1.82) is 0 Å². The number of carbonyl (C=O) groups is 1. The van der Waals surface area contributed by atoms with E-state index in [2.05, 4.69) is 17.1 Å². The first-order valence-electron chi connectivity index (χ1n) is 8.68. The molecule has 0 bridgehead atoms. The lowest BCUT2D eigenvalue weighted by molar-refractivity contribution is 0.0754. The highest BCUT2D eigenvalue weighted by molar-refractivity contribution is 5.93. The van der Waals surface area contributed by atoms with Gasteiger partial charge in [0, 0.05) is 18.7 Å². The van der Waals surface area contributed by atoms with Crippen LogP contribution in [0.15, 0.2) is 36.4 Å². The fourth-order valence-electron chi connectivity index (χ4n) is 3.42. The summed E-state index contributed by atoms with van der Waals surface area (Å²) in [5.74, 6) is 0.858. The van der Waals surface area contributed by atoms with E-state index < -0.39 is 0 Å². The number of benzene rings is 1. The van der Waals surface area contributed by atoms with E-state index in [1.54, 1.807) is 0 Å². The summed E-state index contributed by atoms with van der Waals surface area (Å²) in [5.41, 5.74) is 2.45. The van der Waals surface area contributed by atoms with Gasteiger partial charge in [0.1, 0.15) is 5.69 Å². The number of hydrogen-bond donors (Lipinski definition) is 1. The number of nitrogens with one attached hydrogen (secondary N) is 1. The van der Waals surface area contributed by atoms with Gasteiger partial charge in [-0.15, -0.1) is 0 Å². The Balaban J connectivity index is 1.68. The second-order valence-corrected chi connectivity index (χ2v) is 6.41. The monoisotopic (exact) mass is 311 g/mol. The van der Waals surface area contributed by atoms with Gasteiger partial charge >= 0.3 is 0 Å². The van der Waals surface area contributed by atoms with E-state index in [0.717, 1.165) is 43.1 Å². The highest BCUT2D eigenvalue weighted by Gasteiger charge is 2.22. The predicted molar refractivity (Wildman–Crippen MR) is 92.2 cm³/mol. The second kappa shape index (κ2) is 7.44. The summed E-state index contributed by atoms with van der Waals surface area (Å²) in [6, 6.07) is 11.8. The van der Waals surface area contributed by atoms with Crippen LogP contribution in [0.25, 0.3) is 11.3 Å². The lowest BCUT2D eigenvalue weighted by Crippen LogP contribution is -2.32. The van der Waals surface area contributed by atoms with Crippen molar-refractivity contribution in [3.8, 4) is 11.3 Å². The van der Waals surface area contributed by atoms with Crippen LogP contribution in [-0.2, 0) is 0 Å². The highest BCUT2D eigenvalue weighted by Crippen LogP contribution is 2.23. The summed E-state index contributed by atoms with van der Waals surface area (Å²) in [6.45, 7) is 3.96. The van der Waals surface area contributed by atoms with Crippen LogP contribution in [0.3, 0.4) is 0 Å². The van der Waals surface area contributed by atoms with Crippen LogP contribution >= 0.6 is 0 Å². The van der Waals surface area contributed by atoms with Crippen molar-refractivity contribution in [3.05, 3.63) is 42.1 Å². The van der Waals surface area contributed by atoms with Crippen LogP contribution in [-0.4, -0.2) is 34.1 Å². The van der Waals surface area contributed by atoms with Crippen LogP contribution in [0.5, 0.6) is 0 Å². The number of nitrogens with zero attached hydrogens (tertiary/aromatic N) is 2. The predicted octanol–water partition coefficient (Wildman–Crippen LogP) is 4.12. The van der Waals surface area contributed by atoms with Gasteiger partial charge in [-0.25, -0.2) is 0 Å². The van der Waals surface area contributed by atoms with Gasteiger partial charge in [0.25, 0.3) is 5.91 Å². The smallest absolute Gasteiger partial charge is 0.271 e. The van der Waals surface area contributed by atoms with Crippen LogP contribution in [0.1, 0.15) is 49.5 Å². The highest BCUT2D eigenvalue weighted by atomic mass is 16.2. The lowest BCUT2D eigenvalue weighted by Gasteiger charge is -2.19. The zero-order valence-electron chi connectivity index (χ0n) is 13.8. The van der Waals surface area contributed by atoms with Gasteiger partial charge in [0.15, 0.2) is 0 Å². The van der Waals surface area contributed by atoms with E-state index in [-0.39, 0.29) is 5.91 Å². The number of carbonyl (C=O) groups excluding carboxylic acids is 1. The number of aromatic amines is 1. The van der Waals surface area contributed by atoms with Crippen LogP contribution < -0.4 is 0 Å². The zero-order valence-corrected chi connectivity index (χ0v) is 13.8. The number of H-pyrrole nitrogens is 1. The molecule has 2 aromatic rings. The molecule has 122 valence electrons. The molecule has 2 heterocycles. The fourth-order valence-corrected chi connectivity index (χ4v) is 3.42. The molecule has 1 unspecified atom stereocenters. The van der Waals surface area contributed by atoms with Crippen molar-refractivity contribution in [1.82, 2.24) is 15.1 Å². The fraction of sp³-hybridized carbons (Fsp3) is 0.474. The largest absolute Gasteiger partial charge is 0.337 e. The number of aromatic nitrogens is 2. The van der Waals surface area contributed by atoms with Crippen molar-refractivity contribution in [2.24, 2.45) is 5.92 Å². The van der Waals surface area contributed by atoms with Gasteiger partial charge in [0.2, 0.25) is 0 Å². The van der Waals surface area contributed by atoms with Crippen LogP contribution in [0.4, 0.5) is 0 Å². The van der Waals surface area contributed by atoms with Crippen molar-refractivity contribution in [2.75, 3.05) is 13.1 Å². The van der Waals surface area contributed by atoms with E-state index in [0.29, 0.717) is 5.69 Å². The molecule has 4 nitrogen and oxygen atoms in total. The molecule has 1 aromatic carbocycles. The summed E-state index contributed by atoms with van der Waals surface area (Å²) in [5, 5.41) is 7.21. The van der Waals surface area contributed by atoms with Crippen molar-refractivity contribution < 1.29 is 4.79 Å². The first-order chi connectivity index (χ1) is 11.3. The summed E-state index contributed by atoms with van der Waals surface area (Å²) in [4.78, 5) is 14.7. The maximum atomic E-state index is 12.7. The maximum absolute atomic E-state index is 12.7. The molecular formula is C19H25N3O. The molecule has 0 radical (unpaired) electrons. The molecule has 1 atom stereocenters. The molecular weight excluding hydrogens is 286 g/mol. The van der Waals surface area contributed by atoms with Gasteiger partial charge in [-0.05, 0) is 31.2 Å². The number of rotatable bonds is 4. The van der Waals surface area contributed by atoms with Crippen molar-refractivity contribution in [3.63, 3.8) is 0 Å². The SMILES string of the molecule is CCCC1CCCN(C(=O)c2cc(-c3ccccc3)n[nH]2)CC1. The number of likely N-dealkylation sites (tertiary alicyclic amines) is 1. The third-order valence-electron chi connectivity index (χ3n) is 4.71. The van der Waals surface area contributed by atoms with Gasteiger partial charge in [0.05, 0.1) is 5.69 Å². The maximum Gasteiger partial charge on any atom is 0.271 e. The molecule has 1 aliphatic rings. The minimum Gasteiger partial charge on any atom is -0.337 e. The standard InChI is InChI=1S/C19H25N3O/c1-2-7-15-8-6-12-22(13-11-15)19(23)18-14-17(20-21-18)16-9-4-3-5-10-16/h3-5,9-10,14-15H,2,6-8,11-13H2,1H3,(H,20,21). The molecule has 1 fully saturated rings. The Hall–Kier alpha value is -2.10. The molecule has 4 heteroatoms. The van der Waals surface area contributed by atoms with E-state index >= 15 is 0 Å². The zero-order chi connectivity index (χ0) is 16.1. The minimum atomic E-state index is 0.0804. The normalized spacial score (nSPS) is 18.7. The first kappa shape index (κ1) is 15.8. The number of hydrogen-bond acceptors (Lipinski definition) is 2. The van der Waals surface area contributed by atoms with Crippen molar-refractivity contribution >= 4 is 5.91 Å². The minimum absolute atomic E-state index is 0.0804. The Morgan fingerprint density at radius 3 is 2.87 bits per heavy atom. The molecule has 1 N–H and O–H groups in total. The summed E-state index contributed by atoms with van der Waals surface area (Å²) < 4.78 is 0. The Morgan fingerprint density at radius 2 is 2.09 bits per heavy atom. The van der Waals surface area contributed by atoms with E-state index in [1.165, 1.54) is 19.3 Å². The Kier molecular flexibility index (Phi) is 5.11. The summed E-state index contributed by atoms with van der Waals surface area (Å²) in [6.07, 6.45) is 6.00. The number of amides is 1. The van der Waals surface area contributed by atoms with E-state index in [9.17, 15) is 4.79 Å². The molecule has 0 spiro atoms. The molecule has 1 amide bonds. The topological polar surface area (TPSA) is 49.0 Å². The quantitative estimate of drug-likeness (QED) is 0.923. The van der Waals surface area contributed by atoms with E-state index in [1.807, 2.05) is 41.3 Å². The Bertz CT molecular complexity index is 635. The molecule has 0 aliphatic carbocycles. The second-order valence-electron chi connectivity index (χ2n) is 6.41. The van der Waals surface area contributed by atoms with E-state index in [4.69, 9.17) is 0 Å². The molecule has 0 saturated carbocycles. The molecule has 23 heavy (non-hydrogen) atoms. The van der Waals surface area contributed by atoms with Gasteiger partial charge in [-0.3, -0.25) is 9.89 Å². The Morgan fingerprint density at radius 1 is 1.26 bits per heavy atom.